The van der Waals surface area contributed by atoms with Crippen molar-refractivity contribution < 1.29 is 14.2 Å². The molecule has 7 heteroatoms. The number of hydrogen-bond acceptors (Lipinski definition) is 7. The molecule has 2 aliphatic heterocycles. The number of nitrogens with two attached hydrogens (primary N) is 1. The normalized spacial score (nSPS) is 19.5. The number of rotatable bonds is 3. The highest BCUT2D eigenvalue weighted by atomic mass is 16.5. The van der Waals surface area contributed by atoms with Gasteiger partial charge in [0.2, 0.25) is 5.88 Å². The number of ether oxygens (including phenoxy) is 3. The Labute approximate surface area is 187 Å². The Morgan fingerprint density at radius 3 is 2.66 bits per heavy atom. The number of hydrogen-bond donors (Lipinski definition) is 1. The first-order chi connectivity index (χ1) is 15.3. The number of aliphatic imine (C=N–C) groups is 1. The van der Waals surface area contributed by atoms with E-state index in [1.54, 1.807) is 12.4 Å². The molecule has 2 aromatic heterocycles. The van der Waals surface area contributed by atoms with E-state index in [0.717, 1.165) is 22.3 Å². The van der Waals surface area contributed by atoms with Gasteiger partial charge in [-0.15, -0.1) is 0 Å². The Morgan fingerprint density at radius 1 is 1.06 bits per heavy atom. The highest BCUT2D eigenvalue weighted by Gasteiger charge is 2.45. The number of fused-ring (bicyclic) bond motifs is 4. The van der Waals surface area contributed by atoms with Crippen LogP contribution in [0.3, 0.4) is 0 Å². The van der Waals surface area contributed by atoms with Gasteiger partial charge >= 0.3 is 0 Å². The maximum Gasteiger partial charge on any atom is 0.213 e. The molecule has 2 N–H and O–H groups in total. The molecule has 1 aromatic carbocycles. The van der Waals surface area contributed by atoms with Crippen molar-refractivity contribution in [1.82, 2.24) is 9.97 Å². The molecule has 1 atom stereocenters. The van der Waals surface area contributed by atoms with Crippen LogP contribution >= 0.6 is 0 Å². The summed E-state index contributed by atoms with van der Waals surface area (Å²) in [6.07, 6.45) is 5.28. The van der Waals surface area contributed by atoms with Gasteiger partial charge < -0.3 is 19.9 Å². The minimum Gasteiger partial charge on any atom is -0.477 e. The van der Waals surface area contributed by atoms with E-state index in [2.05, 4.69) is 36.8 Å². The fourth-order valence-electron chi connectivity index (χ4n) is 4.01. The minimum absolute atomic E-state index is 0.00746. The predicted octanol–water partition coefficient (Wildman–Crippen LogP) is 4.31. The van der Waals surface area contributed by atoms with Crippen molar-refractivity contribution in [3.05, 3.63) is 66.1 Å². The van der Waals surface area contributed by atoms with E-state index in [0.29, 0.717) is 43.0 Å². The van der Waals surface area contributed by atoms with Crippen molar-refractivity contribution >= 4 is 5.84 Å². The molecule has 32 heavy (non-hydrogen) atoms. The van der Waals surface area contributed by atoms with Gasteiger partial charge in [0.25, 0.3) is 0 Å². The van der Waals surface area contributed by atoms with Crippen LogP contribution in [-0.2, 0) is 10.3 Å². The Balaban J connectivity index is 1.65. The topological polar surface area (TPSA) is 91.8 Å². The molecule has 0 saturated carbocycles. The Hall–Kier alpha value is -3.45. The lowest BCUT2D eigenvalue weighted by molar-refractivity contribution is 0.109. The van der Waals surface area contributed by atoms with Crippen molar-refractivity contribution in [1.29, 1.82) is 0 Å². The summed E-state index contributed by atoms with van der Waals surface area (Å²) in [5.41, 5.74) is 9.09. The molecule has 0 fully saturated rings. The molecule has 0 bridgehead atoms. The molecule has 3 aromatic rings. The van der Waals surface area contributed by atoms with Crippen molar-refractivity contribution in [3.8, 4) is 28.5 Å². The Kier molecular flexibility index (Phi) is 4.86. The third-order valence-corrected chi connectivity index (χ3v) is 5.48. The van der Waals surface area contributed by atoms with Gasteiger partial charge in [-0.1, -0.05) is 32.9 Å². The smallest absolute Gasteiger partial charge is 0.213 e. The quantitative estimate of drug-likeness (QED) is 0.666. The van der Waals surface area contributed by atoms with Crippen molar-refractivity contribution in [2.75, 3.05) is 19.8 Å². The zero-order valence-corrected chi connectivity index (χ0v) is 18.5. The second kappa shape index (κ2) is 7.60. The highest BCUT2D eigenvalue weighted by Crippen LogP contribution is 2.51. The monoisotopic (exact) mass is 430 g/mol. The third-order valence-electron chi connectivity index (χ3n) is 5.48. The molecule has 0 radical (unpaired) electrons. The van der Waals surface area contributed by atoms with Crippen LogP contribution in [0.2, 0.25) is 0 Å². The van der Waals surface area contributed by atoms with Crippen LogP contribution in [0, 0.1) is 5.41 Å². The Morgan fingerprint density at radius 2 is 1.91 bits per heavy atom. The molecule has 0 amide bonds. The van der Waals surface area contributed by atoms with Gasteiger partial charge in [-0.05, 0) is 29.2 Å². The molecular weight excluding hydrogens is 404 g/mol. The summed E-state index contributed by atoms with van der Waals surface area (Å²) in [7, 11) is 0. The van der Waals surface area contributed by atoms with Crippen LogP contribution in [0.4, 0.5) is 0 Å². The first-order valence-electron chi connectivity index (χ1n) is 10.6. The van der Waals surface area contributed by atoms with Crippen LogP contribution in [-0.4, -0.2) is 35.6 Å². The highest BCUT2D eigenvalue weighted by molar-refractivity contribution is 5.84. The molecule has 1 spiro atoms. The largest absolute Gasteiger partial charge is 0.477 e. The molecule has 164 valence electrons. The lowest BCUT2D eigenvalue weighted by Crippen LogP contribution is -2.42. The van der Waals surface area contributed by atoms with Crippen LogP contribution in [0.25, 0.3) is 11.1 Å². The fourth-order valence-corrected chi connectivity index (χ4v) is 4.01. The first-order valence-corrected chi connectivity index (χ1v) is 10.6. The molecule has 5 rings (SSSR count). The summed E-state index contributed by atoms with van der Waals surface area (Å²) >= 11 is 0. The van der Waals surface area contributed by atoms with Gasteiger partial charge in [-0.2, -0.15) is 0 Å². The molecule has 7 nitrogen and oxygen atoms in total. The zero-order chi connectivity index (χ0) is 22.3. The summed E-state index contributed by atoms with van der Waals surface area (Å²) in [5.74, 6) is 2.29. The average molecular weight is 431 g/mol. The van der Waals surface area contributed by atoms with E-state index in [1.807, 2.05) is 36.5 Å². The fraction of sp³-hybridized carbons (Fsp3) is 0.320. The van der Waals surface area contributed by atoms with E-state index in [4.69, 9.17) is 24.9 Å². The lowest BCUT2D eigenvalue weighted by Gasteiger charge is -2.39. The summed E-state index contributed by atoms with van der Waals surface area (Å²) in [5, 5.41) is 0. The Bertz CT molecular complexity index is 1190. The third kappa shape index (κ3) is 3.69. The summed E-state index contributed by atoms with van der Waals surface area (Å²) in [4.78, 5) is 13.6. The maximum absolute atomic E-state index is 6.23. The van der Waals surface area contributed by atoms with E-state index >= 15 is 0 Å². The first kappa shape index (κ1) is 20.5. The summed E-state index contributed by atoms with van der Waals surface area (Å²) in [6.45, 7) is 7.53. The van der Waals surface area contributed by atoms with Crippen LogP contribution in [0.15, 0.2) is 60.0 Å². The van der Waals surface area contributed by atoms with Gasteiger partial charge in [-0.3, -0.25) is 9.98 Å². The molecule has 0 saturated heterocycles. The molecule has 0 aliphatic carbocycles. The standard InChI is InChI=1S/C25H26N4O3/c1-24(2,3)14-31-23-10-19-21(12-28-23)32-20-7-6-16(17-5-4-8-27-11-17)9-18(20)25(19)15-30-13-22(26)29-25/h4-12H,13-15H2,1-3H3,(H2,26,29)/t25-/m0/s1. The molecule has 2 aliphatic rings. The average Bonchev–Trinajstić information content (AvgIpc) is 2.78. The summed E-state index contributed by atoms with van der Waals surface area (Å²) < 4.78 is 18.1. The van der Waals surface area contributed by atoms with Crippen LogP contribution in [0.5, 0.6) is 17.4 Å². The van der Waals surface area contributed by atoms with Gasteiger partial charge in [0.05, 0.1) is 19.4 Å². The van der Waals surface area contributed by atoms with E-state index in [9.17, 15) is 0 Å². The number of amidine groups is 1. The van der Waals surface area contributed by atoms with E-state index < -0.39 is 5.54 Å². The van der Waals surface area contributed by atoms with Crippen LogP contribution < -0.4 is 15.2 Å². The number of pyridine rings is 2. The van der Waals surface area contributed by atoms with Crippen molar-refractivity contribution in [3.63, 3.8) is 0 Å². The van der Waals surface area contributed by atoms with Gasteiger partial charge in [0, 0.05) is 35.2 Å². The van der Waals surface area contributed by atoms with E-state index in [1.165, 1.54) is 0 Å². The SMILES string of the molecule is CC(C)(C)COc1cc2c(cn1)Oc1ccc(-c3cccnc3)cc1[C@@]21COCC(N)=N1. The second-order valence-corrected chi connectivity index (χ2v) is 9.38. The predicted molar refractivity (Wildman–Crippen MR) is 122 cm³/mol. The van der Waals surface area contributed by atoms with Crippen molar-refractivity contribution in [2.24, 2.45) is 16.1 Å². The van der Waals surface area contributed by atoms with E-state index in [-0.39, 0.29) is 5.41 Å². The number of nitrogens with zero attached hydrogens (tertiary/aromatic N) is 3. The maximum atomic E-state index is 6.23. The molecular formula is C25H26N4O3. The van der Waals surface area contributed by atoms with Gasteiger partial charge in [0.1, 0.15) is 23.7 Å². The molecule has 0 unspecified atom stereocenters. The number of aromatic nitrogens is 2. The van der Waals surface area contributed by atoms with Crippen molar-refractivity contribution in [2.45, 2.75) is 26.3 Å². The van der Waals surface area contributed by atoms with Gasteiger partial charge in [0.15, 0.2) is 5.75 Å². The number of benzene rings is 1. The minimum atomic E-state index is -0.841. The summed E-state index contributed by atoms with van der Waals surface area (Å²) in [6, 6.07) is 11.9. The van der Waals surface area contributed by atoms with Gasteiger partial charge in [-0.25, -0.2) is 4.98 Å². The van der Waals surface area contributed by atoms with Crippen LogP contribution in [0.1, 0.15) is 31.9 Å². The molecule has 4 heterocycles. The second-order valence-electron chi connectivity index (χ2n) is 9.38. The lowest BCUT2D eigenvalue weighted by atomic mass is 9.80. The zero-order valence-electron chi connectivity index (χ0n) is 18.5.